The Hall–Kier alpha value is -2.67. The van der Waals surface area contributed by atoms with Crippen molar-refractivity contribution in [2.24, 2.45) is 0 Å². The lowest BCUT2D eigenvalue weighted by atomic mass is 10.3. The first-order valence-corrected chi connectivity index (χ1v) is 8.55. The molecule has 0 saturated carbocycles. The van der Waals surface area contributed by atoms with Crippen LogP contribution < -0.4 is 4.90 Å². The Morgan fingerprint density at radius 2 is 2.08 bits per heavy atom. The van der Waals surface area contributed by atoms with Crippen molar-refractivity contribution < 1.29 is 14.3 Å². The Kier molecular flexibility index (Phi) is 7.16. The molecule has 0 saturated heterocycles. The van der Waals surface area contributed by atoms with E-state index in [0.717, 1.165) is 4.90 Å². The molecule has 0 radical (unpaired) electrons. The van der Waals surface area contributed by atoms with E-state index < -0.39 is 5.97 Å². The Morgan fingerprint density at radius 1 is 1.32 bits per heavy atom. The van der Waals surface area contributed by atoms with Gasteiger partial charge in [0.15, 0.2) is 6.29 Å². The van der Waals surface area contributed by atoms with Crippen LogP contribution in [0.15, 0.2) is 59.2 Å². The second-order valence-corrected chi connectivity index (χ2v) is 5.99. The number of hydrogen-bond acceptors (Lipinski definition) is 7. The van der Waals surface area contributed by atoms with E-state index in [1.165, 1.54) is 18.1 Å². The lowest BCUT2D eigenvalue weighted by molar-refractivity contribution is -0.141. The number of benzene rings is 1. The molecule has 6 nitrogen and oxygen atoms in total. The minimum atomic E-state index is -0.392. The molecule has 0 aliphatic rings. The molecule has 1 heterocycles. The Balaban J connectivity index is 2.34. The van der Waals surface area contributed by atoms with Crippen LogP contribution in [0.5, 0.6) is 0 Å². The van der Waals surface area contributed by atoms with E-state index in [9.17, 15) is 9.59 Å². The first-order valence-electron chi connectivity index (χ1n) is 7.74. The summed E-state index contributed by atoms with van der Waals surface area (Å²) in [6.07, 6.45) is 3.73. The number of hydrogen-bond donors (Lipinski definition) is 0. The standard InChI is InChI=1S/C18H19N3O3S/c1-3-10-21(11-16(23)24-4-2)17-15(12-22)18(20-13-19-17)25-14-8-6-5-7-9-14/h3,5-9,12-13H,1,4,10-11H2,2H3. The van der Waals surface area contributed by atoms with Crippen LogP contribution in [0.3, 0.4) is 0 Å². The summed E-state index contributed by atoms with van der Waals surface area (Å²) in [5.74, 6) is -0.00606. The van der Waals surface area contributed by atoms with Gasteiger partial charge in [0.25, 0.3) is 0 Å². The quantitative estimate of drug-likeness (QED) is 0.296. The van der Waals surface area contributed by atoms with E-state index in [1.54, 1.807) is 17.9 Å². The molecular weight excluding hydrogens is 338 g/mol. The highest BCUT2D eigenvalue weighted by atomic mass is 32.2. The molecule has 2 aromatic rings. The molecule has 25 heavy (non-hydrogen) atoms. The fourth-order valence-electron chi connectivity index (χ4n) is 2.15. The normalized spacial score (nSPS) is 10.1. The van der Waals surface area contributed by atoms with Crippen molar-refractivity contribution in [2.75, 3.05) is 24.6 Å². The fraction of sp³-hybridized carbons (Fsp3) is 0.222. The average molecular weight is 357 g/mol. The number of rotatable bonds is 9. The average Bonchev–Trinajstić information content (AvgIpc) is 2.62. The molecule has 0 amide bonds. The van der Waals surface area contributed by atoms with Crippen molar-refractivity contribution in [3.8, 4) is 0 Å². The molecule has 0 spiro atoms. The molecule has 0 aliphatic heterocycles. The third-order valence-corrected chi connectivity index (χ3v) is 4.20. The lowest BCUT2D eigenvalue weighted by Crippen LogP contribution is -2.32. The summed E-state index contributed by atoms with van der Waals surface area (Å²) in [4.78, 5) is 34.6. The van der Waals surface area contributed by atoms with Crippen LogP contribution in [0, 0.1) is 0 Å². The molecule has 7 heteroatoms. The Labute approximate surface area is 150 Å². The molecule has 1 aromatic heterocycles. The smallest absolute Gasteiger partial charge is 0.325 e. The van der Waals surface area contributed by atoms with Crippen LogP contribution in [0.2, 0.25) is 0 Å². The van der Waals surface area contributed by atoms with Crippen molar-refractivity contribution in [2.45, 2.75) is 16.8 Å². The van der Waals surface area contributed by atoms with Crippen LogP contribution in [-0.2, 0) is 9.53 Å². The molecular formula is C18H19N3O3S. The van der Waals surface area contributed by atoms with Gasteiger partial charge in [0, 0.05) is 11.4 Å². The maximum absolute atomic E-state index is 11.8. The molecule has 130 valence electrons. The monoisotopic (exact) mass is 357 g/mol. The Morgan fingerprint density at radius 3 is 2.72 bits per heavy atom. The van der Waals surface area contributed by atoms with E-state index in [1.807, 2.05) is 30.3 Å². The second-order valence-electron chi connectivity index (χ2n) is 4.92. The molecule has 0 aliphatic carbocycles. The molecule has 0 N–H and O–H groups in total. The van der Waals surface area contributed by atoms with Crippen molar-refractivity contribution in [1.29, 1.82) is 0 Å². The van der Waals surface area contributed by atoms with Gasteiger partial charge in [-0.2, -0.15) is 0 Å². The van der Waals surface area contributed by atoms with Crippen LogP contribution in [0.1, 0.15) is 17.3 Å². The molecule has 0 atom stereocenters. The summed E-state index contributed by atoms with van der Waals surface area (Å²) < 4.78 is 4.99. The predicted molar refractivity (Wildman–Crippen MR) is 97.0 cm³/mol. The van der Waals surface area contributed by atoms with Gasteiger partial charge in [-0.15, -0.1) is 6.58 Å². The lowest BCUT2D eigenvalue weighted by Gasteiger charge is -2.22. The SMILES string of the molecule is C=CCN(CC(=O)OCC)c1ncnc(Sc2ccccc2)c1C=O. The summed E-state index contributed by atoms with van der Waals surface area (Å²) in [5, 5.41) is 0.532. The van der Waals surface area contributed by atoms with E-state index in [0.29, 0.717) is 35.8 Å². The first-order chi connectivity index (χ1) is 12.2. The van der Waals surface area contributed by atoms with Gasteiger partial charge in [0.05, 0.1) is 12.2 Å². The number of carbonyl (C=O) groups excluding carboxylic acids is 2. The van der Waals surface area contributed by atoms with Gasteiger partial charge in [-0.05, 0) is 19.1 Å². The zero-order valence-corrected chi connectivity index (χ0v) is 14.7. The topological polar surface area (TPSA) is 72.4 Å². The number of carbonyl (C=O) groups is 2. The zero-order chi connectivity index (χ0) is 18.1. The summed E-state index contributed by atoms with van der Waals surface area (Å²) in [5.41, 5.74) is 0.336. The van der Waals surface area contributed by atoms with Crippen molar-refractivity contribution in [3.05, 3.63) is 54.9 Å². The summed E-state index contributed by atoms with van der Waals surface area (Å²) in [6.45, 7) is 6.06. The highest BCUT2D eigenvalue weighted by molar-refractivity contribution is 7.99. The van der Waals surface area contributed by atoms with Crippen molar-refractivity contribution in [1.82, 2.24) is 9.97 Å². The van der Waals surface area contributed by atoms with E-state index in [4.69, 9.17) is 4.74 Å². The van der Waals surface area contributed by atoms with Gasteiger partial charge >= 0.3 is 5.97 Å². The second kappa shape index (κ2) is 9.58. The number of esters is 1. The number of anilines is 1. The third kappa shape index (κ3) is 5.15. The van der Waals surface area contributed by atoms with Gasteiger partial charge in [-0.25, -0.2) is 9.97 Å². The summed E-state index contributed by atoms with van der Waals surface area (Å²) >= 11 is 1.37. The maximum Gasteiger partial charge on any atom is 0.325 e. The van der Waals surface area contributed by atoms with Gasteiger partial charge in [0.1, 0.15) is 23.7 Å². The van der Waals surface area contributed by atoms with Crippen LogP contribution in [0.25, 0.3) is 0 Å². The highest BCUT2D eigenvalue weighted by Gasteiger charge is 2.19. The number of nitrogens with zero attached hydrogens (tertiary/aromatic N) is 3. The van der Waals surface area contributed by atoms with E-state index in [-0.39, 0.29) is 6.54 Å². The van der Waals surface area contributed by atoms with E-state index in [2.05, 4.69) is 16.5 Å². The molecule has 0 bridgehead atoms. The van der Waals surface area contributed by atoms with Crippen molar-refractivity contribution >= 4 is 29.8 Å². The zero-order valence-electron chi connectivity index (χ0n) is 13.9. The fourth-order valence-corrected chi connectivity index (χ4v) is 3.02. The van der Waals surface area contributed by atoms with Crippen LogP contribution >= 0.6 is 11.8 Å². The van der Waals surface area contributed by atoms with Gasteiger partial charge in [-0.3, -0.25) is 9.59 Å². The van der Waals surface area contributed by atoms with E-state index >= 15 is 0 Å². The minimum Gasteiger partial charge on any atom is -0.465 e. The highest BCUT2D eigenvalue weighted by Crippen LogP contribution is 2.31. The van der Waals surface area contributed by atoms with Crippen molar-refractivity contribution in [3.63, 3.8) is 0 Å². The molecule has 0 unspecified atom stereocenters. The van der Waals surface area contributed by atoms with Gasteiger partial charge < -0.3 is 9.64 Å². The molecule has 1 aromatic carbocycles. The molecule has 0 fully saturated rings. The number of aldehydes is 1. The van der Waals surface area contributed by atoms with Crippen LogP contribution in [-0.4, -0.2) is 41.9 Å². The third-order valence-electron chi connectivity index (χ3n) is 3.18. The largest absolute Gasteiger partial charge is 0.465 e. The molecule has 2 rings (SSSR count). The number of ether oxygens (including phenoxy) is 1. The minimum absolute atomic E-state index is 0.0207. The van der Waals surface area contributed by atoms with Crippen LogP contribution in [0.4, 0.5) is 5.82 Å². The summed E-state index contributed by atoms with van der Waals surface area (Å²) in [6, 6.07) is 9.61. The van der Waals surface area contributed by atoms with Gasteiger partial charge in [-0.1, -0.05) is 36.0 Å². The predicted octanol–water partition coefficient (Wildman–Crippen LogP) is 3.00. The maximum atomic E-state index is 11.8. The first kappa shape index (κ1) is 18.7. The number of aromatic nitrogens is 2. The van der Waals surface area contributed by atoms with Gasteiger partial charge in [0.2, 0.25) is 0 Å². The summed E-state index contributed by atoms with van der Waals surface area (Å²) in [7, 11) is 0. The Bertz CT molecular complexity index is 738.